The van der Waals surface area contributed by atoms with Gasteiger partial charge in [-0.1, -0.05) is 18.2 Å². The van der Waals surface area contributed by atoms with Crippen molar-refractivity contribution >= 4 is 22.6 Å². The normalized spacial score (nSPS) is 10.8. The molecule has 0 aliphatic heterocycles. The molecule has 0 fully saturated rings. The molecule has 9 heteroatoms. The van der Waals surface area contributed by atoms with Crippen LogP contribution in [0.1, 0.15) is 40.7 Å². The summed E-state index contributed by atoms with van der Waals surface area (Å²) in [5, 5.41) is 15.9. The number of amides is 2. The number of nitrogens with one attached hydrogen (secondary N) is 2. The van der Waals surface area contributed by atoms with Crippen LogP contribution in [-0.4, -0.2) is 21.6 Å². The molecule has 3 aromatic rings. The van der Waals surface area contributed by atoms with Gasteiger partial charge >= 0.3 is 0 Å². The lowest BCUT2D eigenvalue weighted by atomic mass is 10.1. The summed E-state index contributed by atoms with van der Waals surface area (Å²) in [7, 11) is 0. The van der Waals surface area contributed by atoms with E-state index in [1.54, 1.807) is 38.1 Å². The van der Waals surface area contributed by atoms with Crippen molar-refractivity contribution < 1.29 is 14.3 Å². The van der Waals surface area contributed by atoms with Crippen molar-refractivity contribution in [2.24, 2.45) is 0 Å². The van der Waals surface area contributed by atoms with Crippen LogP contribution in [0.5, 0.6) is 0 Å². The minimum absolute atomic E-state index is 0.0182. The Morgan fingerprint density at radius 3 is 2.26 bits per heavy atom. The van der Waals surface area contributed by atoms with Crippen LogP contribution in [0.25, 0.3) is 10.8 Å². The van der Waals surface area contributed by atoms with E-state index in [2.05, 4.69) is 16.0 Å². The van der Waals surface area contributed by atoms with E-state index in [-0.39, 0.29) is 22.9 Å². The Morgan fingerprint density at radius 1 is 1.04 bits per heavy atom. The summed E-state index contributed by atoms with van der Waals surface area (Å²) < 4.78 is 1.77. The van der Waals surface area contributed by atoms with Gasteiger partial charge in [0.05, 0.1) is 17.0 Å². The Labute approximate surface area is 153 Å². The summed E-state index contributed by atoms with van der Waals surface area (Å²) in [5.41, 5.74) is 4.48. The van der Waals surface area contributed by atoms with Crippen molar-refractivity contribution in [3.8, 4) is 0 Å². The zero-order valence-corrected chi connectivity index (χ0v) is 14.7. The minimum Gasteiger partial charge on any atom is -0.619 e. The maximum atomic E-state index is 12.6. The third kappa shape index (κ3) is 3.61. The van der Waals surface area contributed by atoms with Gasteiger partial charge in [-0.05, 0) is 19.9 Å². The molecule has 0 aliphatic carbocycles. The standard InChI is InChI=1S/C18H17N5O4/c1-11(2)23-18(26)14-6-4-3-5-13(14)15(21-23)17(25)20-19-16(24)12-7-9-22(27)10-8-12/h3-11H,1-2H3,(H,19,24)(H,20,25). The first-order chi connectivity index (χ1) is 12.9. The molecule has 2 amide bonds. The molecule has 0 aliphatic rings. The van der Waals surface area contributed by atoms with Gasteiger partial charge in [0.2, 0.25) is 0 Å². The van der Waals surface area contributed by atoms with Gasteiger partial charge in [0, 0.05) is 17.5 Å². The van der Waals surface area contributed by atoms with E-state index in [0.717, 1.165) is 0 Å². The zero-order chi connectivity index (χ0) is 19.6. The smallest absolute Gasteiger partial charge is 0.290 e. The first kappa shape index (κ1) is 18.1. The van der Waals surface area contributed by atoms with E-state index in [0.29, 0.717) is 15.5 Å². The highest BCUT2D eigenvalue weighted by atomic mass is 16.5. The highest BCUT2D eigenvalue weighted by Gasteiger charge is 2.18. The lowest BCUT2D eigenvalue weighted by molar-refractivity contribution is -0.605. The Morgan fingerprint density at radius 2 is 1.63 bits per heavy atom. The molecule has 2 N–H and O–H groups in total. The van der Waals surface area contributed by atoms with E-state index >= 15 is 0 Å². The Bertz CT molecular complexity index is 1070. The summed E-state index contributed by atoms with van der Waals surface area (Å²) in [6.07, 6.45) is 2.34. The summed E-state index contributed by atoms with van der Waals surface area (Å²) in [6, 6.07) is 9.04. The second kappa shape index (κ2) is 7.24. The van der Waals surface area contributed by atoms with E-state index in [1.165, 1.54) is 29.2 Å². The maximum Gasteiger partial charge on any atom is 0.290 e. The molecule has 3 rings (SSSR count). The van der Waals surface area contributed by atoms with Gasteiger partial charge in [-0.15, -0.1) is 0 Å². The van der Waals surface area contributed by atoms with Crippen molar-refractivity contribution in [3.05, 3.63) is 75.6 Å². The highest BCUT2D eigenvalue weighted by molar-refractivity contribution is 6.06. The minimum atomic E-state index is -0.663. The van der Waals surface area contributed by atoms with Gasteiger partial charge in [0.1, 0.15) is 0 Å². The average molecular weight is 367 g/mol. The summed E-state index contributed by atoms with van der Waals surface area (Å²) in [4.78, 5) is 37.1. The van der Waals surface area contributed by atoms with Crippen molar-refractivity contribution in [1.82, 2.24) is 20.6 Å². The second-order valence-corrected chi connectivity index (χ2v) is 6.09. The Kier molecular flexibility index (Phi) is 4.84. The third-order valence-corrected chi connectivity index (χ3v) is 3.89. The number of hydrogen-bond donors (Lipinski definition) is 2. The number of carbonyl (C=O) groups is 2. The molecule has 2 aromatic heterocycles. The fourth-order valence-electron chi connectivity index (χ4n) is 2.53. The molecule has 0 radical (unpaired) electrons. The van der Waals surface area contributed by atoms with Crippen molar-refractivity contribution in [1.29, 1.82) is 0 Å². The number of aromatic nitrogens is 3. The zero-order valence-electron chi connectivity index (χ0n) is 14.7. The fraction of sp³-hybridized carbons (Fsp3) is 0.167. The molecule has 0 saturated carbocycles. The van der Waals surface area contributed by atoms with E-state index in [9.17, 15) is 19.6 Å². The molecule has 27 heavy (non-hydrogen) atoms. The van der Waals surface area contributed by atoms with Gasteiger partial charge in [0.25, 0.3) is 17.4 Å². The predicted octanol–water partition coefficient (Wildman–Crippen LogP) is 0.686. The van der Waals surface area contributed by atoms with Crippen LogP contribution in [0.15, 0.2) is 53.6 Å². The fourth-order valence-corrected chi connectivity index (χ4v) is 2.53. The molecule has 2 heterocycles. The number of hydrazine groups is 1. The van der Waals surface area contributed by atoms with Gasteiger partial charge in [0.15, 0.2) is 18.1 Å². The molecule has 138 valence electrons. The molecule has 1 aromatic carbocycles. The summed E-state index contributed by atoms with van der Waals surface area (Å²) in [6.45, 7) is 3.56. The number of benzene rings is 1. The monoisotopic (exact) mass is 367 g/mol. The number of fused-ring (bicyclic) bond motifs is 1. The topological polar surface area (TPSA) is 120 Å². The maximum absolute atomic E-state index is 12.6. The van der Waals surface area contributed by atoms with Crippen LogP contribution >= 0.6 is 0 Å². The average Bonchev–Trinajstić information content (AvgIpc) is 2.66. The SMILES string of the molecule is CC(C)n1nc(C(=O)NNC(=O)c2cc[n+]([O-])cc2)c2ccccc2c1=O. The largest absolute Gasteiger partial charge is 0.619 e. The number of carbonyl (C=O) groups excluding carboxylic acids is 2. The second-order valence-electron chi connectivity index (χ2n) is 6.09. The van der Waals surface area contributed by atoms with Crippen molar-refractivity contribution in [3.63, 3.8) is 0 Å². The van der Waals surface area contributed by atoms with E-state index in [4.69, 9.17) is 0 Å². The predicted molar refractivity (Wildman–Crippen MR) is 96.7 cm³/mol. The number of pyridine rings is 1. The quantitative estimate of drug-likeness (QED) is 0.401. The Hall–Kier alpha value is -3.75. The van der Waals surface area contributed by atoms with E-state index < -0.39 is 11.8 Å². The lowest BCUT2D eigenvalue weighted by Gasteiger charge is -2.13. The van der Waals surface area contributed by atoms with E-state index in [1.807, 2.05) is 0 Å². The lowest BCUT2D eigenvalue weighted by Crippen LogP contribution is -2.43. The molecular weight excluding hydrogens is 350 g/mol. The Balaban J connectivity index is 1.89. The first-order valence-electron chi connectivity index (χ1n) is 8.19. The van der Waals surface area contributed by atoms with Gasteiger partial charge in [-0.2, -0.15) is 9.83 Å². The van der Waals surface area contributed by atoms with Crippen LogP contribution in [0, 0.1) is 5.21 Å². The number of hydrogen-bond acceptors (Lipinski definition) is 5. The van der Waals surface area contributed by atoms with Gasteiger partial charge in [-0.3, -0.25) is 25.2 Å². The molecule has 0 bridgehead atoms. The van der Waals surface area contributed by atoms with Gasteiger partial charge < -0.3 is 5.21 Å². The molecular formula is C18H17N5O4. The first-order valence-corrected chi connectivity index (χ1v) is 8.19. The van der Waals surface area contributed by atoms with Crippen LogP contribution in [0.3, 0.4) is 0 Å². The van der Waals surface area contributed by atoms with Crippen LogP contribution in [-0.2, 0) is 0 Å². The third-order valence-electron chi connectivity index (χ3n) is 3.89. The van der Waals surface area contributed by atoms with Crippen molar-refractivity contribution in [2.45, 2.75) is 19.9 Å². The summed E-state index contributed by atoms with van der Waals surface area (Å²) in [5.74, 6) is -1.26. The molecule has 0 saturated heterocycles. The van der Waals surface area contributed by atoms with Gasteiger partial charge in [-0.25, -0.2) is 4.68 Å². The number of rotatable bonds is 3. The highest BCUT2D eigenvalue weighted by Crippen LogP contribution is 2.14. The molecule has 0 atom stereocenters. The molecule has 9 nitrogen and oxygen atoms in total. The summed E-state index contributed by atoms with van der Waals surface area (Å²) >= 11 is 0. The van der Waals surface area contributed by atoms with Crippen LogP contribution in [0.2, 0.25) is 0 Å². The number of nitrogens with zero attached hydrogens (tertiary/aromatic N) is 3. The molecule has 0 spiro atoms. The van der Waals surface area contributed by atoms with Crippen LogP contribution in [0.4, 0.5) is 0 Å². The van der Waals surface area contributed by atoms with Crippen molar-refractivity contribution in [2.75, 3.05) is 0 Å². The molecule has 0 unspecified atom stereocenters. The van der Waals surface area contributed by atoms with Crippen LogP contribution < -0.4 is 21.1 Å².